The topological polar surface area (TPSA) is 49.4 Å². The van der Waals surface area contributed by atoms with E-state index >= 15 is 0 Å². The van der Waals surface area contributed by atoms with E-state index in [0.29, 0.717) is 0 Å². The molecule has 0 aliphatic heterocycles. The Kier molecular flexibility index (Phi) is 6.18. The van der Waals surface area contributed by atoms with Crippen molar-refractivity contribution >= 4 is 55.4 Å². The number of para-hydroxylation sites is 5. The zero-order valence-electron chi connectivity index (χ0n) is 26.8. The quantitative estimate of drug-likeness (QED) is 0.168. The molecular weight excluding hydrogens is 774 g/mol. The van der Waals surface area contributed by atoms with Crippen molar-refractivity contribution in [1.29, 1.82) is 0 Å². The number of aromatic nitrogens is 7. The molecule has 0 N–H and O–H groups in total. The number of fused-ring (bicyclic) bond motifs is 9. The maximum absolute atomic E-state index is 5.10. The fourth-order valence-corrected chi connectivity index (χ4v) is 7.46. The van der Waals surface area contributed by atoms with Gasteiger partial charge in [0.1, 0.15) is 0 Å². The van der Waals surface area contributed by atoms with Gasteiger partial charge in [0.05, 0.1) is 27.8 Å². The predicted molar refractivity (Wildman–Crippen MR) is 189 cm³/mol. The van der Waals surface area contributed by atoms with Gasteiger partial charge >= 0.3 is 21.1 Å². The summed E-state index contributed by atoms with van der Waals surface area (Å²) in [6, 6.07) is 43.8. The Bertz CT molecular complexity index is 2910. The van der Waals surface area contributed by atoms with Crippen LogP contribution in [0.15, 0.2) is 103 Å². The van der Waals surface area contributed by atoms with E-state index in [9.17, 15) is 0 Å². The monoisotopic (exact) mass is 802 g/mol. The van der Waals surface area contributed by atoms with E-state index < -0.39 is 0 Å². The van der Waals surface area contributed by atoms with Crippen LogP contribution in [0.3, 0.4) is 0 Å². The first-order valence-corrected chi connectivity index (χ1v) is 15.9. The molecule has 0 amide bonds. The van der Waals surface area contributed by atoms with Gasteiger partial charge in [-0.3, -0.25) is 8.80 Å². The van der Waals surface area contributed by atoms with Crippen molar-refractivity contribution in [3.05, 3.63) is 138 Å². The zero-order valence-corrected chi connectivity index (χ0v) is 29.0. The van der Waals surface area contributed by atoms with Gasteiger partial charge in [-0.1, -0.05) is 65.0 Å². The summed E-state index contributed by atoms with van der Waals surface area (Å²) in [7, 11) is 0. The van der Waals surface area contributed by atoms with Crippen LogP contribution < -0.4 is 0 Å². The van der Waals surface area contributed by atoms with E-state index in [1.165, 1.54) is 11.1 Å². The minimum absolute atomic E-state index is 0. The largest absolute Gasteiger partial charge is 2.00 e. The van der Waals surface area contributed by atoms with E-state index in [1.54, 1.807) is 0 Å². The second kappa shape index (κ2) is 10.3. The van der Waals surface area contributed by atoms with Gasteiger partial charge in [-0.2, -0.15) is 12.1 Å². The van der Waals surface area contributed by atoms with Gasteiger partial charge in [-0.05, 0) is 63.4 Å². The predicted octanol–water partition coefficient (Wildman–Crippen LogP) is 8.80. The van der Waals surface area contributed by atoms with Gasteiger partial charge in [0.15, 0.2) is 0 Å². The van der Waals surface area contributed by atoms with E-state index in [-0.39, 0.29) is 21.1 Å². The summed E-state index contributed by atoms with van der Waals surface area (Å²) in [6.45, 7) is 8.51. The van der Waals surface area contributed by atoms with Crippen LogP contribution in [0.2, 0.25) is 0 Å². The molecule has 5 aromatic heterocycles. The maximum Gasteiger partial charge on any atom is 2.00 e. The molecule has 0 saturated heterocycles. The molecule has 0 aliphatic rings. The Hall–Kier alpha value is -5.39. The van der Waals surface area contributed by atoms with Crippen LogP contribution in [-0.2, 0) is 21.1 Å². The first-order chi connectivity index (χ1) is 23.0. The van der Waals surface area contributed by atoms with Crippen molar-refractivity contribution in [2.45, 2.75) is 27.7 Å². The molecule has 234 valence electrons. The van der Waals surface area contributed by atoms with Gasteiger partial charge in [0, 0.05) is 22.6 Å². The zero-order chi connectivity index (χ0) is 31.6. The van der Waals surface area contributed by atoms with Crippen molar-refractivity contribution in [2.24, 2.45) is 0 Å². The molecule has 10 rings (SSSR count). The van der Waals surface area contributed by atoms with Crippen LogP contribution in [0.4, 0.5) is 0 Å². The molecule has 10 aromatic rings. The number of imidazole rings is 4. The number of hydrogen-bond acceptors (Lipinski definition) is 2. The van der Waals surface area contributed by atoms with Crippen LogP contribution in [-0.4, -0.2) is 32.5 Å². The number of benzene rings is 5. The van der Waals surface area contributed by atoms with Crippen LogP contribution >= 0.6 is 0 Å². The van der Waals surface area contributed by atoms with E-state index in [0.717, 1.165) is 84.2 Å². The molecule has 0 atom stereocenters. The first kappa shape index (κ1) is 28.8. The summed E-state index contributed by atoms with van der Waals surface area (Å²) in [5.74, 6) is 1.78. The summed E-state index contributed by atoms with van der Waals surface area (Å²) in [6.07, 6.45) is 0. The molecule has 5 aromatic carbocycles. The van der Waals surface area contributed by atoms with Crippen molar-refractivity contribution in [3.63, 3.8) is 0 Å². The molecule has 8 heteroatoms. The Balaban J connectivity index is 0.00000314. The minimum atomic E-state index is 0. The van der Waals surface area contributed by atoms with Crippen LogP contribution in [0.1, 0.15) is 22.8 Å². The minimum Gasteiger partial charge on any atom is -0.358 e. The summed E-state index contributed by atoms with van der Waals surface area (Å²) >= 11 is 0. The smallest absolute Gasteiger partial charge is 0.358 e. The van der Waals surface area contributed by atoms with Gasteiger partial charge < -0.3 is 13.7 Å². The van der Waals surface area contributed by atoms with Gasteiger partial charge in [0.25, 0.3) is 0 Å². The van der Waals surface area contributed by atoms with Crippen molar-refractivity contribution in [2.75, 3.05) is 0 Å². The second-order valence-electron chi connectivity index (χ2n) is 12.4. The molecule has 0 radical (unpaired) electrons. The molecule has 0 saturated carbocycles. The third-order valence-electron chi connectivity index (χ3n) is 9.88. The van der Waals surface area contributed by atoms with Crippen molar-refractivity contribution in [3.8, 4) is 17.1 Å². The van der Waals surface area contributed by atoms with Crippen LogP contribution in [0, 0.1) is 39.8 Å². The van der Waals surface area contributed by atoms with E-state index in [4.69, 9.17) is 9.97 Å². The number of aryl methyl sites for hydroxylation is 3. The normalized spacial score (nSPS) is 12.0. The maximum atomic E-state index is 5.10. The van der Waals surface area contributed by atoms with Gasteiger partial charge in [-0.25, -0.2) is 9.97 Å². The van der Waals surface area contributed by atoms with E-state index in [1.807, 2.05) is 6.07 Å². The first-order valence-electron chi connectivity index (χ1n) is 15.9. The standard InChI is InChI=1S/C40H29N7.Pt/c1-24-25(2)43-26(3)27(4)44(39(43)41-24)28-12-11-13-29(22-28)45-34-16-7-5-14-31(34)32-21-20-30(23-38(32)45)46-36-18-9-10-19-37(36)47-35-17-8-6-15-33(35)42-40(46)47;/h5-21H,1-4H3;/q-2;+2. The Morgan fingerprint density at radius 3 is 1.92 bits per heavy atom. The average molecular weight is 803 g/mol. The number of nitrogens with zero attached hydrogens (tertiary/aromatic N) is 7. The average Bonchev–Trinajstić information content (AvgIpc) is 3.85. The number of hydrogen-bond donors (Lipinski definition) is 0. The molecule has 7 nitrogen and oxygen atoms in total. The second-order valence-corrected chi connectivity index (χ2v) is 12.4. The summed E-state index contributed by atoms with van der Waals surface area (Å²) < 4.78 is 11.2. The molecule has 48 heavy (non-hydrogen) atoms. The molecule has 0 unspecified atom stereocenters. The molecular formula is C40H29N7Pt. The fourth-order valence-electron chi connectivity index (χ4n) is 7.46. The Morgan fingerprint density at radius 1 is 0.458 bits per heavy atom. The van der Waals surface area contributed by atoms with Gasteiger partial charge in [-0.15, -0.1) is 35.7 Å². The van der Waals surface area contributed by atoms with Crippen molar-refractivity contribution in [1.82, 2.24) is 32.5 Å². The number of rotatable bonds is 3. The summed E-state index contributed by atoms with van der Waals surface area (Å²) in [4.78, 5) is 10.1. The van der Waals surface area contributed by atoms with E-state index in [2.05, 4.69) is 159 Å². The molecule has 0 bridgehead atoms. The Morgan fingerprint density at radius 2 is 1.10 bits per heavy atom. The Labute approximate surface area is 290 Å². The van der Waals surface area contributed by atoms with Crippen LogP contribution in [0.25, 0.3) is 72.5 Å². The third kappa shape index (κ3) is 3.73. The van der Waals surface area contributed by atoms with Crippen molar-refractivity contribution < 1.29 is 21.1 Å². The fraction of sp³-hybridized carbons (Fsp3) is 0.100. The van der Waals surface area contributed by atoms with Gasteiger partial charge in [0.2, 0.25) is 11.6 Å². The molecule has 5 heterocycles. The van der Waals surface area contributed by atoms with Crippen LogP contribution in [0.5, 0.6) is 0 Å². The molecule has 0 aliphatic carbocycles. The molecule has 0 fully saturated rings. The summed E-state index contributed by atoms with van der Waals surface area (Å²) in [5.41, 5.74) is 13.7. The molecule has 0 spiro atoms. The third-order valence-corrected chi connectivity index (χ3v) is 9.88. The SMILES string of the molecule is Cc1nc2n(-c3[c-]c(-n4c5[c-]c(-n6c7ccccc7n7c8ccccc8nc67)ccc5c5ccccc54)ccc3)c(C)c(C)n2c1C.[Pt+2]. The summed E-state index contributed by atoms with van der Waals surface area (Å²) in [5, 5.41) is 2.31.